The van der Waals surface area contributed by atoms with E-state index in [9.17, 15) is 0 Å². The Morgan fingerprint density at radius 2 is 1.90 bits per heavy atom. The highest BCUT2D eigenvalue weighted by Crippen LogP contribution is 2.38. The van der Waals surface area contributed by atoms with Gasteiger partial charge in [0, 0.05) is 13.5 Å². The molecule has 0 radical (unpaired) electrons. The molecule has 5 nitrogen and oxygen atoms in total. The predicted molar refractivity (Wildman–Crippen MR) is 81.8 cm³/mol. The zero-order valence-corrected chi connectivity index (χ0v) is 13.7. The number of hydrogen-bond acceptors (Lipinski definition) is 5. The van der Waals surface area contributed by atoms with E-state index in [1.54, 1.807) is 7.11 Å². The van der Waals surface area contributed by atoms with Gasteiger partial charge >= 0.3 is 0 Å². The topological polar surface area (TPSA) is 74.2 Å². The maximum absolute atomic E-state index is 6.04. The second-order valence-electron chi connectivity index (χ2n) is 6.36. The quantitative estimate of drug-likeness (QED) is 0.836. The van der Waals surface area contributed by atoms with Gasteiger partial charge in [0.25, 0.3) is 0 Å². The summed E-state index contributed by atoms with van der Waals surface area (Å²) in [6, 6.07) is 0. The monoisotopic (exact) mass is 295 g/mol. The molecule has 2 rings (SSSR count). The Morgan fingerprint density at radius 3 is 2.43 bits per heavy atom. The van der Waals surface area contributed by atoms with Crippen molar-refractivity contribution < 1.29 is 9.26 Å². The molecule has 2 N–H and O–H groups in total. The van der Waals surface area contributed by atoms with Gasteiger partial charge in [-0.3, -0.25) is 0 Å². The molecule has 0 aliphatic heterocycles. The Kier molecular flexibility index (Phi) is 5.38. The van der Waals surface area contributed by atoms with E-state index in [0.717, 1.165) is 32.1 Å². The summed E-state index contributed by atoms with van der Waals surface area (Å²) >= 11 is 0. The fourth-order valence-corrected chi connectivity index (χ4v) is 3.53. The van der Waals surface area contributed by atoms with Crippen molar-refractivity contribution in [3.8, 4) is 0 Å². The molecule has 1 saturated carbocycles. The Balaban J connectivity index is 2.15. The van der Waals surface area contributed by atoms with Crippen LogP contribution in [-0.4, -0.2) is 23.8 Å². The molecule has 0 amide bonds. The summed E-state index contributed by atoms with van der Waals surface area (Å²) in [6.45, 7) is 4.87. The van der Waals surface area contributed by atoms with E-state index >= 15 is 0 Å². The van der Waals surface area contributed by atoms with Crippen LogP contribution in [0.1, 0.15) is 70.5 Å². The summed E-state index contributed by atoms with van der Waals surface area (Å²) in [5.74, 6) is 1.38. The molecule has 1 heterocycles. The summed E-state index contributed by atoms with van der Waals surface area (Å²) in [7, 11) is 1.71. The summed E-state index contributed by atoms with van der Waals surface area (Å²) in [5, 5.41) is 4.18. The largest absolute Gasteiger partial charge is 0.370 e. The van der Waals surface area contributed by atoms with Crippen LogP contribution in [0.25, 0.3) is 0 Å². The predicted octanol–water partition coefficient (Wildman–Crippen LogP) is 3.18. The van der Waals surface area contributed by atoms with E-state index in [4.69, 9.17) is 15.0 Å². The zero-order valence-electron chi connectivity index (χ0n) is 13.7. The van der Waals surface area contributed by atoms with Crippen LogP contribution in [0.4, 0.5) is 0 Å². The second-order valence-corrected chi connectivity index (χ2v) is 6.36. The van der Waals surface area contributed by atoms with E-state index in [1.807, 2.05) is 0 Å². The number of nitrogens with zero attached hydrogens (tertiary/aromatic N) is 2. The van der Waals surface area contributed by atoms with Gasteiger partial charge in [0.05, 0.1) is 0 Å². The Labute approximate surface area is 127 Å². The molecule has 1 fully saturated rings. The minimum Gasteiger partial charge on any atom is -0.370 e. The van der Waals surface area contributed by atoms with Crippen LogP contribution >= 0.6 is 0 Å². The van der Waals surface area contributed by atoms with Crippen LogP contribution in [0.5, 0.6) is 0 Å². The summed E-state index contributed by atoms with van der Waals surface area (Å²) in [6.07, 6.45) is 8.62. The van der Waals surface area contributed by atoms with Crippen molar-refractivity contribution in [2.75, 3.05) is 13.7 Å². The lowest BCUT2D eigenvalue weighted by Crippen LogP contribution is -2.35. The van der Waals surface area contributed by atoms with E-state index in [1.165, 1.54) is 19.3 Å². The van der Waals surface area contributed by atoms with Crippen molar-refractivity contribution in [2.45, 2.75) is 70.8 Å². The minimum atomic E-state index is -0.426. The number of ether oxygens (including phenoxy) is 1. The van der Waals surface area contributed by atoms with Crippen LogP contribution in [0.2, 0.25) is 0 Å². The van der Waals surface area contributed by atoms with Gasteiger partial charge in [-0.05, 0) is 37.6 Å². The normalized spacial score (nSPS) is 18.9. The molecule has 1 aromatic rings. The Morgan fingerprint density at radius 1 is 1.24 bits per heavy atom. The molecule has 0 saturated heterocycles. The van der Waals surface area contributed by atoms with Gasteiger partial charge < -0.3 is 15.0 Å². The first-order valence-corrected chi connectivity index (χ1v) is 8.22. The molecular weight excluding hydrogens is 266 g/mol. The van der Waals surface area contributed by atoms with Crippen LogP contribution in [0.15, 0.2) is 4.52 Å². The van der Waals surface area contributed by atoms with Crippen molar-refractivity contribution in [2.24, 2.45) is 11.1 Å². The van der Waals surface area contributed by atoms with Crippen LogP contribution < -0.4 is 5.73 Å². The maximum atomic E-state index is 6.04. The number of hydrogen-bond donors (Lipinski definition) is 1. The summed E-state index contributed by atoms with van der Waals surface area (Å²) in [4.78, 5) is 4.62. The van der Waals surface area contributed by atoms with E-state index in [-0.39, 0.29) is 5.41 Å². The molecular formula is C16H29N3O2. The van der Waals surface area contributed by atoms with Crippen molar-refractivity contribution in [1.29, 1.82) is 0 Å². The fourth-order valence-electron chi connectivity index (χ4n) is 3.53. The molecule has 0 unspecified atom stereocenters. The van der Waals surface area contributed by atoms with E-state index in [2.05, 4.69) is 24.0 Å². The first-order valence-electron chi connectivity index (χ1n) is 8.22. The first-order chi connectivity index (χ1) is 10.1. The van der Waals surface area contributed by atoms with E-state index < -0.39 is 5.60 Å². The molecule has 5 heteroatoms. The third-order valence-electron chi connectivity index (χ3n) is 5.28. The Hall–Kier alpha value is -0.940. The molecule has 120 valence electrons. The van der Waals surface area contributed by atoms with Crippen LogP contribution in [0.3, 0.4) is 0 Å². The van der Waals surface area contributed by atoms with Gasteiger partial charge in [-0.2, -0.15) is 4.98 Å². The minimum absolute atomic E-state index is 0.149. The van der Waals surface area contributed by atoms with Crippen molar-refractivity contribution >= 4 is 0 Å². The maximum Gasteiger partial charge on any atom is 0.227 e. The fraction of sp³-hybridized carbons (Fsp3) is 0.875. The van der Waals surface area contributed by atoms with Crippen molar-refractivity contribution in [3.05, 3.63) is 11.7 Å². The lowest BCUT2D eigenvalue weighted by molar-refractivity contribution is -0.0306. The molecule has 1 aromatic heterocycles. The number of nitrogens with two attached hydrogens (primary N) is 1. The first kappa shape index (κ1) is 16.4. The molecule has 1 aliphatic carbocycles. The standard InChI is InChI=1S/C16H29N3O2/c1-4-16(5-2,20-3)14-18-13(21-19-14)11-15(12-17)9-7-6-8-10-15/h4-12,17H2,1-3H3. The average Bonchev–Trinajstić information content (AvgIpc) is 2.99. The summed E-state index contributed by atoms with van der Waals surface area (Å²) in [5.41, 5.74) is 5.77. The van der Waals surface area contributed by atoms with Crippen LogP contribution in [0, 0.1) is 5.41 Å². The highest BCUT2D eigenvalue weighted by molar-refractivity contribution is 5.03. The Bertz CT molecular complexity index is 426. The van der Waals surface area contributed by atoms with Gasteiger partial charge in [-0.1, -0.05) is 38.3 Å². The third-order valence-corrected chi connectivity index (χ3v) is 5.28. The average molecular weight is 295 g/mol. The van der Waals surface area contributed by atoms with Gasteiger partial charge in [0.2, 0.25) is 11.7 Å². The highest BCUT2D eigenvalue weighted by Gasteiger charge is 2.36. The molecule has 0 bridgehead atoms. The van der Waals surface area contributed by atoms with Gasteiger partial charge in [-0.25, -0.2) is 0 Å². The number of rotatable bonds is 7. The van der Waals surface area contributed by atoms with Gasteiger partial charge in [0.1, 0.15) is 5.60 Å². The lowest BCUT2D eigenvalue weighted by Gasteiger charge is -2.35. The highest BCUT2D eigenvalue weighted by atomic mass is 16.5. The van der Waals surface area contributed by atoms with Gasteiger partial charge in [-0.15, -0.1) is 0 Å². The smallest absolute Gasteiger partial charge is 0.227 e. The zero-order chi connectivity index (χ0) is 15.3. The van der Waals surface area contributed by atoms with E-state index in [0.29, 0.717) is 18.3 Å². The molecule has 21 heavy (non-hydrogen) atoms. The molecule has 0 aromatic carbocycles. The molecule has 0 atom stereocenters. The molecule has 0 spiro atoms. The van der Waals surface area contributed by atoms with Crippen molar-refractivity contribution in [3.63, 3.8) is 0 Å². The number of methoxy groups -OCH3 is 1. The third kappa shape index (κ3) is 3.29. The lowest BCUT2D eigenvalue weighted by atomic mass is 9.72. The van der Waals surface area contributed by atoms with Crippen LogP contribution in [-0.2, 0) is 16.8 Å². The van der Waals surface area contributed by atoms with Crippen molar-refractivity contribution in [1.82, 2.24) is 10.1 Å². The SMILES string of the molecule is CCC(CC)(OC)c1noc(CC2(CN)CCCCC2)n1. The molecule has 1 aliphatic rings. The number of aromatic nitrogens is 2. The summed E-state index contributed by atoms with van der Waals surface area (Å²) < 4.78 is 11.2. The second kappa shape index (κ2) is 6.88. The van der Waals surface area contributed by atoms with Gasteiger partial charge in [0.15, 0.2) is 0 Å².